The largest absolute Gasteiger partial charge is 0.505 e. The van der Waals surface area contributed by atoms with Crippen molar-refractivity contribution in [3.05, 3.63) is 35.0 Å². The molecule has 1 aromatic carbocycles. The van der Waals surface area contributed by atoms with Crippen molar-refractivity contribution in [2.24, 2.45) is 0 Å². The van der Waals surface area contributed by atoms with E-state index in [1.165, 1.54) is 119 Å². The number of aromatic hydroxyl groups is 1. The van der Waals surface area contributed by atoms with Crippen LogP contribution in [0.15, 0.2) is 18.3 Å². The number of benzene rings is 1. The summed E-state index contributed by atoms with van der Waals surface area (Å²) in [4.78, 5) is 7.23. The Bertz CT molecular complexity index is 907. The number of hydrogen-bond donors (Lipinski definition) is 1. The molecule has 0 saturated carbocycles. The summed E-state index contributed by atoms with van der Waals surface area (Å²) in [5.41, 5.74) is 4.51. The van der Waals surface area contributed by atoms with Crippen molar-refractivity contribution in [3.8, 4) is 5.75 Å². The molecule has 0 unspecified atom stereocenters. The molecule has 0 bridgehead atoms. The fraction of sp³-hybridized carbons (Fsp3) is 0.735. The van der Waals surface area contributed by atoms with E-state index in [-0.39, 0.29) is 0 Å². The van der Waals surface area contributed by atoms with E-state index in [1.807, 2.05) is 6.20 Å². The van der Waals surface area contributed by atoms with Gasteiger partial charge >= 0.3 is 0 Å². The zero-order valence-corrected chi connectivity index (χ0v) is 24.7. The number of hydrogen-bond acceptors (Lipinski definition) is 4. The number of fused-ring (bicyclic) bond motifs is 1. The van der Waals surface area contributed by atoms with Gasteiger partial charge in [-0.05, 0) is 42.9 Å². The summed E-state index contributed by atoms with van der Waals surface area (Å²) < 4.78 is 5.53. The van der Waals surface area contributed by atoms with Crippen molar-refractivity contribution in [1.29, 1.82) is 0 Å². The van der Waals surface area contributed by atoms with Crippen LogP contribution < -0.4 is 0 Å². The molecule has 2 aromatic rings. The molecule has 214 valence electrons. The smallest absolute Gasteiger partial charge is 0.146 e. The van der Waals surface area contributed by atoms with Gasteiger partial charge < -0.3 is 9.84 Å². The van der Waals surface area contributed by atoms with Crippen molar-refractivity contribution < 1.29 is 9.84 Å². The van der Waals surface area contributed by atoms with Gasteiger partial charge in [-0.1, -0.05) is 110 Å². The van der Waals surface area contributed by atoms with Gasteiger partial charge in [0.1, 0.15) is 11.3 Å². The van der Waals surface area contributed by atoms with Gasteiger partial charge in [0.2, 0.25) is 0 Å². The Morgan fingerprint density at radius 1 is 0.711 bits per heavy atom. The third-order valence-electron chi connectivity index (χ3n) is 8.28. The number of ether oxygens (including phenoxy) is 1. The molecule has 1 saturated heterocycles. The molecule has 4 nitrogen and oxygen atoms in total. The number of morpholine rings is 1. The Labute approximate surface area is 233 Å². The Balaban J connectivity index is 1.62. The maximum absolute atomic E-state index is 11.2. The van der Waals surface area contributed by atoms with Crippen molar-refractivity contribution in [3.63, 3.8) is 0 Å². The van der Waals surface area contributed by atoms with Gasteiger partial charge in [-0.25, -0.2) is 0 Å². The van der Waals surface area contributed by atoms with Gasteiger partial charge in [-0.2, -0.15) is 0 Å². The van der Waals surface area contributed by atoms with Gasteiger partial charge in [-0.3, -0.25) is 9.88 Å². The van der Waals surface area contributed by atoms with Gasteiger partial charge in [0.25, 0.3) is 0 Å². The summed E-state index contributed by atoms with van der Waals surface area (Å²) in [5.74, 6) is 0.379. The summed E-state index contributed by atoms with van der Waals surface area (Å²) >= 11 is 0. The first-order valence-corrected chi connectivity index (χ1v) is 16.1. The molecule has 0 atom stereocenters. The average molecular weight is 525 g/mol. The van der Waals surface area contributed by atoms with Crippen LogP contribution in [0.1, 0.15) is 133 Å². The number of phenols is 1. The van der Waals surface area contributed by atoms with Crippen LogP contribution in [0.25, 0.3) is 10.9 Å². The molecule has 0 radical (unpaired) electrons. The van der Waals surface area contributed by atoms with Crippen molar-refractivity contribution >= 4 is 10.9 Å². The molecular formula is C34H56N2O2. The lowest BCUT2D eigenvalue weighted by Crippen LogP contribution is -2.35. The van der Waals surface area contributed by atoms with Crippen LogP contribution in [-0.4, -0.2) is 41.3 Å². The standard InChI is InChI=1S/C34H56N2O2/c1-3-5-7-9-11-13-15-17-19-29-25-32-30(20-18-16-14-12-10-8-6-4-2)26-31(34(37)33(32)35-27-29)28-36-21-23-38-24-22-36/h25-27,37H,3-24,28H2,1-2H3. The first-order valence-electron chi connectivity index (χ1n) is 16.1. The molecule has 2 heterocycles. The number of nitrogens with zero attached hydrogens (tertiary/aromatic N) is 2. The van der Waals surface area contributed by atoms with E-state index >= 15 is 0 Å². The highest BCUT2D eigenvalue weighted by atomic mass is 16.5. The second-order valence-electron chi connectivity index (χ2n) is 11.6. The highest BCUT2D eigenvalue weighted by Crippen LogP contribution is 2.33. The summed E-state index contributed by atoms with van der Waals surface area (Å²) in [7, 11) is 0. The number of unbranched alkanes of at least 4 members (excludes halogenated alkanes) is 14. The molecule has 0 amide bonds. The topological polar surface area (TPSA) is 45.6 Å². The molecular weight excluding hydrogens is 468 g/mol. The number of aromatic nitrogens is 1. The van der Waals surface area contributed by atoms with Crippen LogP contribution in [-0.2, 0) is 24.1 Å². The SMILES string of the molecule is CCCCCCCCCCc1cnc2c(O)c(CN3CCOCC3)cc(CCCCCCCCCC)c2c1. The van der Waals surface area contributed by atoms with Crippen LogP contribution in [0.2, 0.25) is 0 Å². The highest BCUT2D eigenvalue weighted by Gasteiger charge is 2.17. The van der Waals surface area contributed by atoms with Crippen LogP contribution in [0.4, 0.5) is 0 Å². The number of pyridine rings is 1. The van der Waals surface area contributed by atoms with Gasteiger partial charge in [-0.15, -0.1) is 0 Å². The van der Waals surface area contributed by atoms with E-state index in [2.05, 4.69) is 30.9 Å². The van der Waals surface area contributed by atoms with E-state index in [1.54, 1.807) is 0 Å². The predicted molar refractivity (Wildman–Crippen MR) is 162 cm³/mol. The quantitative estimate of drug-likeness (QED) is 0.175. The third-order valence-corrected chi connectivity index (χ3v) is 8.28. The summed E-state index contributed by atoms with van der Waals surface area (Å²) in [6.07, 6.45) is 25.6. The molecule has 0 spiro atoms. The van der Waals surface area contributed by atoms with E-state index in [0.29, 0.717) is 5.75 Å². The van der Waals surface area contributed by atoms with Crippen molar-refractivity contribution in [2.45, 2.75) is 136 Å². The normalized spacial score (nSPS) is 14.5. The summed E-state index contributed by atoms with van der Waals surface area (Å²) in [6, 6.07) is 4.62. The summed E-state index contributed by atoms with van der Waals surface area (Å²) in [6.45, 7) is 8.75. The lowest BCUT2D eigenvalue weighted by atomic mass is 9.95. The Morgan fingerprint density at radius 2 is 1.26 bits per heavy atom. The minimum Gasteiger partial charge on any atom is -0.505 e. The molecule has 0 aliphatic carbocycles. The maximum atomic E-state index is 11.2. The lowest BCUT2D eigenvalue weighted by molar-refractivity contribution is 0.0339. The fourth-order valence-electron chi connectivity index (χ4n) is 5.83. The molecule has 1 aromatic heterocycles. The Kier molecular flexibility index (Phi) is 15.1. The molecule has 1 aliphatic heterocycles. The molecule has 1 N–H and O–H groups in total. The Morgan fingerprint density at radius 3 is 1.87 bits per heavy atom. The number of rotatable bonds is 20. The molecule has 1 aliphatic rings. The fourth-order valence-corrected chi connectivity index (χ4v) is 5.83. The first-order chi connectivity index (χ1) is 18.7. The van der Waals surface area contributed by atoms with Crippen molar-refractivity contribution in [1.82, 2.24) is 9.88 Å². The third kappa shape index (κ3) is 10.8. The van der Waals surface area contributed by atoms with Crippen LogP contribution in [0.3, 0.4) is 0 Å². The minimum absolute atomic E-state index is 0.379. The number of aryl methyl sites for hydroxylation is 2. The summed E-state index contributed by atoms with van der Waals surface area (Å²) in [5, 5.41) is 12.4. The van der Waals surface area contributed by atoms with Crippen LogP contribution in [0.5, 0.6) is 5.75 Å². The average Bonchev–Trinajstić information content (AvgIpc) is 2.94. The zero-order valence-electron chi connectivity index (χ0n) is 24.7. The maximum Gasteiger partial charge on any atom is 0.146 e. The minimum atomic E-state index is 0.379. The molecule has 1 fully saturated rings. The van der Waals surface area contributed by atoms with Gasteiger partial charge in [0.15, 0.2) is 0 Å². The highest BCUT2D eigenvalue weighted by molar-refractivity contribution is 5.89. The second kappa shape index (κ2) is 18.6. The Hall–Kier alpha value is -1.65. The number of phenolic OH excluding ortho intramolecular Hbond substituents is 1. The van der Waals surface area contributed by atoms with E-state index in [9.17, 15) is 5.11 Å². The van der Waals surface area contributed by atoms with Gasteiger partial charge in [0, 0.05) is 36.8 Å². The van der Waals surface area contributed by atoms with Crippen LogP contribution in [0, 0.1) is 0 Å². The van der Waals surface area contributed by atoms with Gasteiger partial charge in [0.05, 0.1) is 13.2 Å². The van der Waals surface area contributed by atoms with Crippen molar-refractivity contribution in [2.75, 3.05) is 26.3 Å². The van der Waals surface area contributed by atoms with E-state index < -0.39 is 0 Å². The monoisotopic (exact) mass is 524 g/mol. The van der Waals surface area contributed by atoms with E-state index in [0.717, 1.165) is 56.8 Å². The molecule has 38 heavy (non-hydrogen) atoms. The zero-order chi connectivity index (χ0) is 26.8. The molecule has 4 heteroatoms. The molecule has 3 rings (SSSR count). The second-order valence-corrected chi connectivity index (χ2v) is 11.6. The van der Waals surface area contributed by atoms with Crippen LogP contribution >= 0.6 is 0 Å². The predicted octanol–water partition coefficient (Wildman–Crippen LogP) is 9.14. The lowest BCUT2D eigenvalue weighted by Gasteiger charge is -2.27. The van der Waals surface area contributed by atoms with E-state index in [4.69, 9.17) is 9.72 Å². The first kappa shape index (κ1) is 30.9.